The van der Waals surface area contributed by atoms with Crippen molar-refractivity contribution in [3.8, 4) is 17.2 Å². The molecule has 136 valence electrons. The van der Waals surface area contributed by atoms with E-state index < -0.39 is 0 Å². The van der Waals surface area contributed by atoms with Crippen LogP contribution in [0.2, 0.25) is 0 Å². The van der Waals surface area contributed by atoms with Crippen molar-refractivity contribution in [2.75, 3.05) is 0 Å². The summed E-state index contributed by atoms with van der Waals surface area (Å²) < 4.78 is 13.5. The van der Waals surface area contributed by atoms with Crippen LogP contribution in [0.4, 0.5) is 0 Å². The summed E-state index contributed by atoms with van der Waals surface area (Å²) in [6, 6.07) is 18.1. The first-order chi connectivity index (χ1) is 13.4. The van der Waals surface area contributed by atoms with E-state index in [4.69, 9.17) is 9.15 Å². The lowest BCUT2D eigenvalue weighted by atomic mass is 10.1. The number of benzene rings is 2. The maximum atomic E-state index is 5.90. The molecule has 4 aromatic rings. The van der Waals surface area contributed by atoms with E-state index in [0.717, 1.165) is 36.4 Å². The second-order valence-electron chi connectivity index (χ2n) is 6.35. The molecule has 0 amide bonds. The van der Waals surface area contributed by atoms with Gasteiger partial charge >= 0.3 is 0 Å². The number of aryl methyl sites for hydroxylation is 2. The van der Waals surface area contributed by atoms with Crippen LogP contribution in [0.15, 0.2) is 84.0 Å². The summed E-state index contributed by atoms with van der Waals surface area (Å²) in [6.07, 6.45) is 9.35. The molecule has 2 aromatic carbocycles. The van der Waals surface area contributed by atoms with Crippen LogP contribution in [-0.2, 0) is 19.6 Å². The lowest BCUT2D eigenvalue weighted by Gasteiger charge is -2.07. The van der Waals surface area contributed by atoms with Crippen LogP contribution in [0.5, 0.6) is 5.75 Å². The van der Waals surface area contributed by atoms with Gasteiger partial charge in [0, 0.05) is 24.5 Å². The van der Waals surface area contributed by atoms with E-state index in [2.05, 4.69) is 26.7 Å². The third-order valence-electron chi connectivity index (χ3n) is 4.30. The molecule has 2 heterocycles. The summed E-state index contributed by atoms with van der Waals surface area (Å²) in [4.78, 5) is 8.56. The van der Waals surface area contributed by atoms with Crippen LogP contribution >= 0.6 is 0 Å². The number of hydrogen-bond acceptors (Lipinski definition) is 4. The van der Waals surface area contributed by atoms with E-state index in [0.29, 0.717) is 12.5 Å². The molecule has 0 spiro atoms. The Morgan fingerprint density at radius 1 is 1.04 bits per heavy atom. The first kappa shape index (κ1) is 17.1. The molecule has 5 heteroatoms. The van der Waals surface area contributed by atoms with Gasteiger partial charge in [0.15, 0.2) is 0 Å². The largest absolute Gasteiger partial charge is 0.487 e. The summed E-state index contributed by atoms with van der Waals surface area (Å²) in [6.45, 7) is 1.35. The van der Waals surface area contributed by atoms with E-state index in [1.807, 2.05) is 61.2 Å². The molecule has 0 saturated carbocycles. The molecule has 27 heavy (non-hydrogen) atoms. The Labute approximate surface area is 158 Å². The quantitative estimate of drug-likeness (QED) is 0.455. The average Bonchev–Trinajstić information content (AvgIpc) is 3.40. The molecular weight excluding hydrogens is 338 g/mol. The Kier molecular flexibility index (Phi) is 5.29. The fraction of sp³-hybridized carbons (Fsp3) is 0.182. The molecule has 0 N–H and O–H groups in total. The van der Waals surface area contributed by atoms with Gasteiger partial charge in [-0.1, -0.05) is 30.3 Å². The van der Waals surface area contributed by atoms with Crippen LogP contribution < -0.4 is 4.74 Å². The molecule has 0 bridgehead atoms. The predicted molar refractivity (Wildman–Crippen MR) is 103 cm³/mol. The van der Waals surface area contributed by atoms with Gasteiger partial charge in [-0.3, -0.25) is 0 Å². The molecule has 0 radical (unpaired) electrons. The van der Waals surface area contributed by atoms with Gasteiger partial charge in [0.1, 0.15) is 24.3 Å². The van der Waals surface area contributed by atoms with E-state index in [9.17, 15) is 0 Å². The molecular formula is C22H21N3O2. The number of nitrogens with zero attached hydrogens (tertiary/aromatic N) is 3. The van der Waals surface area contributed by atoms with Gasteiger partial charge < -0.3 is 13.7 Å². The van der Waals surface area contributed by atoms with Crippen LogP contribution in [0, 0.1) is 0 Å². The van der Waals surface area contributed by atoms with Crippen LogP contribution in [0.1, 0.15) is 17.7 Å². The molecule has 0 atom stereocenters. The number of hydrogen-bond donors (Lipinski definition) is 0. The number of rotatable bonds is 8. The minimum absolute atomic E-state index is 0.384. The first-order valence-electron chi connectivity index (χ1n) is 9.04. The third kappa shape index (κ3) is 4.64. The highest BCUT2D eigenvalue weighted by Crippen LogP contribution is 2.20. The lowest BCUT2D eigenvalue weighted by Crippen LogP contribution is -1.98. The monoisotopic (exact) mass is 359 g/mol. The molecule has 5 nitrogen and oxygen atoms in total. The maximum Gasteiger partial charge on any atom is 0.226 e. The van der Waals surface area contributed by atoms with E-state index >= 15 is 0 Å². The van der Waals surface area contributed by atoms with Crippen molar-refractivity contribution in [3.63, 3.8) is 0 Å². The fourth-order valence-electron chi connectivity index (χ4n) is 2.92. The molecule has 0 unspecified atom stereocenters. The summed E-state index contributed by atoms with van der Waals surface area (Å²) >= 11 is 0. The van der Waals surface area contributed by atoms with Crippen LogP contribution in [0.3, 0.4) is 0 Å². The highest BCUT2D eigenvalue weighted by molar-refractivity contribution is 5.52. The SMILES string of the molecule is c1ccc(-c2nc(COc3cccc(CCCn4ccnc4)c3)co2)cc1. The van der Waals surface area contributed by atoms with Gasteiger partial charge in [-0.2, -0.15) is 0 Å². The average molecular weight is 359 g/mol. The van der Waals surface area contributed by atoms with Gasteiger partial charge in [0.2, 0.25) is 5.89 Å². The predicted octanol–water partition coefficient (Wildman–Crippen LogP) is 4.75. The summed E-state index contributed by atoms with van der Waals surface area (Å²) in [5.41, 5.74) is 3.00. The van der Waals surface area contributed by atoms with Crippen LogP contribution in [-0.4, -0.2) is 14.5 Å². The Hall–Kier alpha value is -3.34. The van der Waals surface area contributed by atoms with Crippen molar-refractivity contribution in [3.05, 3.63) is 90.8 Å². The van der Waals surface area contributed by atoms with Crippen molar-refractivity contribution in [1.29, 1.82) is 0 Å². The molecule has 4 rings (SSSR count). The number of oxazole rings is 1. The highest BCUT2D eigenvalue weighted by atomic mass is 16.5. The zero-order valence-corrected chi connectivity index (χ0v) is 15.0. The normalized spacial score (nSPS) is 10.8. The Bertz CT molecular complexity index is 962. The van der Waals surface area contributed by atoms with E-state index in [1.165, 1.54) is 5.56 Å². The van der Waals surface area contributed by atoms with Gasteiger partial charge in [-0.05, 0) is 42.7 Å². The second kappa shape index (κ2) is 8.36. The summed E-state index contributed by atoms with van der Waals surface area (Å²) in [5, 5.41) is 0. The van der Waals surface area contributed by atoms with Crippen molar-refractivity contribution in [2.24, 2.45) is 0 Å². The number of aromatic nitrogens is 3. The standard InChI is InChI=1S/C22H21N3O2/c1-2-8-19(9-3-1)22-24-20(16-27-22)15-26-21-10-4-6-18(14-21)7-5-12-25-13-11-23-17-25/h1-4,6,8-11,13-14,16-17H,5,7,12,15H2. The molecule has 0 aliphatic carbocycles. The fourth-order valence-corrected chi connectivity index (χ4v) is 2.92. The highest BCUT2D eigenvalue weighted by Gasteiger charge is 2.07. The van der Waals surface area contributed by atoms with Crippen molar-refractivity contribution in [1.82, 2.24) is 14.5 Å². The first-order valence-corrected chi connectivity index (χ1v) is 9.04. The summed E-state index contributed by atoms with van der Waals surface area (Å²) in [7, 11) is 0. The minimum Gasteiger partial charge on any atom is -0.487 e. The summed E-state index contributed by atoms with van der Waals surface area (Å²) in [5.74, 6) is 1.46. The van der Waals surface area contributed by atoms with Crippen molar-refractivity contribution < 1.29 is 9.15 Å². The molecule has 2 aromatic heterocycles. The number of imidazole rings is 1. The molecule has 0 aliphatic rings. The lowest BCUT2D eigenvalue weighted by molar-refractivity contribution is 0.300. The zero-order chi connectivity index (χ0) is 18.3. The second-order valence-corrected chi connectivity index (χ2v) is 6.35. The molecule has 0 saturated heterocycles. The minimum atomic E-state index is 0.384. The van der Waals surface area contributed by atoms with Gasteiger partial charge in [-0.25, -0.2) is 9.97 Å². The van der Waals surface area contributed by atoms with Crippen LogP contribution in [0.25, 0.3) is 11.5 Å². The smallest absolute Gasteiger partial charge is 0.226 e. The number of ether oxygens (including phenoxy) is 1. The zero-order valence-electron chi connectivity index (χ0n) is 15.0. The molecule has 0 aliphatic heterocycles. The third-order valence-corrected chi connectivity index (χ3v) is 4.30. The maximum absolute atomic E-state index is 5.90. The van der Waals surface area contributed by atoms with Gasteiger partial charge in [0.25, 0.3) is 0 Å². The topological polar surface area (TPSA) is 53.1 Å². The van der Waals surface area contributed by atoms with Crippen molar-refractivity contribution in [2.45, 2.75) is 26.0 Å². The van der Waals surface area contributed by atoms with E-state index in [-0.39, 0.29) is 0 Å². The Morgan fingerprint density at radius 2 is 1.96 bits per heavy atom. The van der Waals surface area contributed by atoms with E-state index in [1.54, 1.807) is 6.26 Å². The molecule has 0 fully saturated rings. The van der Waals surface area contributed by atoms with Crippen molar-refractivity contribution >= 4 is 0 Å². The van der Waals surface area contributed by atoms with Gasteiger partial charge in [-0.15, -0.1) is 0 Å². The Morgan fingerprint density at radius 3 is 2.81 bits per heavy atom. The Balaban J connectivity index is 1.31. The van der Waals surface area contributed by atoms with Gasteiger partial charge in [0.05, 0.1) is 6.33 Å².